The van der Waals surface area contributed by atoms with Gasteiger partial charge in [0, 0.05) is 19.2 Å². The molecule has 0 aliphatic carbocycles. The smallest absolute Gasteiger partial charge is 0.220 e. The lowest BCUT2D eigenvalue weighted by molar-refractivity contribution is -0.121. The van der Waals surface area contributed by atoms with Gasteiger partial charge in [0.25, 0.3) is 0 Å². The number of methoxy groups -OCH3 is 1. The molecule has 1 aromatic rings. The summed E-state index contributed by atoms with van der Waals surface area (Å²) in [6, 6.07) is 1.88. The molecule has 0 aliphatic rings. The first kappa shape index (κ1) is 15.4. The second-order valence-corrected chi connectivity index (χ2v) is 4.43. The van der Waals surface area contributed by atoms with E-state index in [9.17, 15) is 9.90 Å². The number of hydrogen-bond acceptors (Lipinski definition) is 4. The highest BCUT2D eigenvalue weighted by atomic mass is 16.5. The number of aromatic nitrogens is 1. The lowest BCUT2D eigenvalue weighted by Gasteiger charge is -2.09. The van der Waals surface area contributed by atoms with Gasteiger partial charge in [0.15, 0.2) is 0 Å². The normalized spacial score (nSPS) is 11.9. The summed E-state index contributed by atoms with van der Waals surface area (Å²) in [4.78, 5) is 15.6. The number of carbonyl (C=O) groups is 1. The maximum Gasteiger partial charge on any atom is 0.220 e. The Labute approximate surface area is 114 Å². The van der Waals surface area contributed by atoms with Crippen LogP contribution in [0, 0.1) is 0 Å². The van der Waals surface area contributed by atoms with Crippen molar-refractivity contribution in [3.05, 3.63) is 24.0 Å². The molecule has 0 radical (unpaired) electrons. The van der Waals surface area contributed by atoms with E-state index in [1.165, 1.54) is 0 Å². The van der Waals surface area contributed by atoms with Crippen LogP contribution in [-0.4, -0.2) is 35.8 Å². The summed E-state index contributed by atoms with van der Waals surface area (Å²) in [6.07, 6.45) is 5.40. The van der Waals surface area contributed by atoms with E-state index in [0.717, 1.165) is 5.56 Å². The van der Waals surface area contributed by atoms with Gasteiger partial charge in [0.1, 0.15) is 5.75 Å². The molecule has 0 saturated heterocycles. The topological polar surface area (TPSA) is 71.5 Å². The number of rotatable bonds is 8. The lowest BCUT2D eigenvalue weighted by Crippen LogP contribution is -2.27. The van der Waals surface area contributed by atoms with Crippen LogP contribution >= 0.6 is 0 Å². The average molecular weight is 266 g/mol. The molecule has 1 rings (SSSR count). The fourth-order valence-electron chi connectivity index (χ4n) is 1.64. The van der Waals surface area contributed by atoms with Crippen molar-refractivity contribution in [2.45, 2.75) is 38.7 Å². The summed E-state index contributed by atoms with van der Waals surface area (Å²) in [5, 5.41) is 12.2. The van der Waals surface area contributed by atoms with Gasteiger partial charge in [0.05, 0.1) is 19.4 Å². The highest BCUT2D eigenvalue weighted by Gasteiger charge is 2.05. The fraction of sp³-hybridized carbons (Fsp3) is 0.571. The molecule has 1 atom stereocenters. The number of aliphatic hydroxyl groups excluding tert-OH is 1. The molecule has 1 amide bonds. The monoisotopic (exact) mass is 266 g/mol. The van der Waals surface area contributed by atoms with E-state index >= 15 is 0 Å². The SMILES string of the molecule is CCC(O)CCNC(=O)CCc1cncc(OC)c1. The molecule has 0 aromatic carbocycles. The van der Waals surface area contributed by atoms with E-state index in [1.807, 2.05) is 13.0 Å². The van der Waals surface area contributed by atoms with Crippen LogP contribution in [0.15, 0.2) is 18.5 Å². The van der Waals surface area contributed by atoms with Crippen LogP contribution in [0.3, 0.4) is 0 Å². The molecule has 1 unspecified atom stereocenters. The summed E-state index contributed by atoms with van der Waals surface area (Å²) in [5.41, 5.74) is 0.975. The van der Waals surface area contributed by atoms with Gasteiger partial charge in [-0.15, -0.1) is 0 Å². The molecule has 1 heterocycles. The van der Waals surface area contributed by atoms with Crippen LogP contribution in [0.25, 0.3) is 0 Å². The van der Waals surface area contributed by atoms with Crippen molar-refractivity contribution in [2.75, 3.05) is 13.7 Å². The van der Waals surface area contributed by atoms with E-state index < -0.39 is 0 Å². The van der Waals surface area contributed by atoms with Crippen LogP contribution in [0.4, 0.5) is 0 Å². The number of pyridine rings is 1. The molecule has 0 saturated carbocycles. The van der Waals surface area contributed by atoms with Gasteiger partial charge in [-0.2, -0.15) is 0 Å². The Hall–Kier alpha value is -1.62. The van der Waals surface area contributed by atoms with Gasteiger partial charge < -0.3 is 15.2 Å². The lowest BCUT2D eigenvalue weighted by atomic mass is 10.1. The Bertz CT molecular complexity index is 396. The molecule has 1 aromatic heterocycles. The highest BCUT2D eigenvalue weighted by molar-refractivity contribution is 5.76. The number of ether oxygens (including phenoxy) is 1. The quantitative estimate of drug-likeness (QED) is 0.744. The molecule has 0 bridgehead atoms. The van der Waals surface area contributed by atoms with Gasteiger partial charge >= 0.3 is 0 Å². The predicted octanol–water partition coefficient (Wildman–Crippen LogP) is 1.30. The molecule has 106 valence electrons. The highest BCUT2D eigenvalue weighted by Crippen LogP contribution is 2.11. The molecule has 0 spiro atoms. The number of aryl methyl sites for hydroxylation is 1. The van der Waals surface area contributed by atoms with Gasteiger partial charge in [-0.3, -0.25) is 9.78 Å². The molecule has 0 aliphatic heterocycles. The van der Waals surface area contributed by atoms with E-state index in [0.29, 0.717) is 38.0 Å². The van der Waals surface area contributed by atoms with Gasteiger partial charge in [0.2, 0.25) is 5.91 Å². The van der Waals surface area contributed by atoms with E-state index in [-0.39, 0.29) is 12.0 Å². The van der Waals surface area contributed by atoms with Crippen molar-refractivity contribution < 1.29 is 14.6 Å². The Morgan fingerprint density at radius 3 is 3.00 bits per heavy atom. The van der Waals surface area contributed by atoms with Crippen molar-refractivity contribution in [1.29, 1.82) is 0 Å². The standard InChI is InChI=1S/C14H22N2O3/c1-3-12(17)6-7-16-14(18)5-4-11-8-13(19-2)10-15-9-11/h8-10,12,17H,3-7H2,1-2H3,(H,16,18). The van der Waals surface area contributed by atoms with Gasteiger partial charge in [-0.05, 0) is 30.9 Å². The molecule has 5 nitrogen and oxygen atoms in total. The van der Waals surface area contributed by atoms with Crippen LogP contribution in [0.5, 0.6) is 5.75 Å². The molecular formula is C14H22N2O3. The number of nitrogens with one attached hydrogen (secondary N) is 1. The van der Waals surface area contributed by atoms with Crippen LogP contribution < -0.4 is 10.1 Å². The summed E-state index contributed by atoms with van der Waals surface area (Å²) in [7, 11) is 1.59. The van der Waals surface area contributed by atoms with Crippen LogP contribution in [0.2, 0.25) is 0 Å². The minimum Gasteiger partial charge on any atom is -0.495 e. The van der Waals surface area contributed by atoms with Crippen molar-refractivity contribution in [1.82, 2.24) is 10.3 Å². The Balaban J connectivity index is 2.25. The second kappa shape index (κ2) is 8.48. The zero-order valence-corrected chi connectivity index (χ0v) is 11.6. The van der Waals surface area contributed by atoms with Crippen molar-refractivity contribution in [2.24, 2.45) is 0 Å². The molecule has 19 heavy (non-hydrogen) atoms. The first-order chi connectivity index (χ1) is 9.15. The first-order valence-electron chi connectivity index (χ1n) is 6.58. The molecule has 5 heteroatoms. The van der Waals surface area contributed by atoms with E-state index in [1.54, 1.807) is 19.5 Å². The van der Waals surface area contributed by atoms with Crippen molar-refractivity contribution in [3.8, 4) is 5.75 Å². The number of amides is 1. The molecule has 0 fully saturated rings. The molecule has 2 N–H and O–H groups in total. The van der Waals surface area contributed by atoms with Crippen molar-refractivity contribution in [3.63, 3.8) is 0 Å². The number of hydrogen-bond donors (Lipinski definition) is 2. The van der Waals surface area contributed by atoms with E-state index in [4.69, 9.17) is 4.74 Å². The number of nitrogens with zero attached hydrogens (tertiary/aromatic N) is 1. The number of carbonyl (C=O) groups excluding carboxylic acids is 1. The predicted molar refractivity (Wildman–Crippen MR) is 73.0 cm³/mol. The third kappa shape index (κ3) is 6.20. The van der Waals surface area contributed by atoms with Crippen LogP contribution in [-0.2, 0) is 11.2 Å². The van der Waals surface area contributed by atoms with Gasteiger partial charge in [-0.1, -0.05) is 6.92 Å². The summed E-state index contributed by atoms with van der Waals surface area (Å²) in [6.45, 7) is 2.44. The Kier molecular flexibility index (Phi) is 6.89. The number of aliphatic hydroxyl groups is 1. The van der Waals surface area contributed by atoms with E-state index in [2.05, 4.69) is 10.3 Å². The summed E-state index contributed by atoms with van der Waals surface area (Å²) >= 11 is 0. The molecular weight excluding hydrogens is 244 g/mol. The first-order valence-corrected chi connectivity index (χ1v) is 6.58. The maximum atomic E-state index is 11.6. The largest absolute Gasteiger partial charge is 0.495 e. The maximum absolute atomic E-state index is 11.6. The third-order valence-electron chi connectivity index (χ3n) is 2.92. The Morgan fingerprint density at radius 1 is 1.53 bits per heavy atom. The summed E-state index contributed by atoms with van der Waals surface area (Å²) < 4.78 is 5.07. The zero-order valence-electron chi connectivity index (χ0n) is 11.6. The fourth-order valence-corrected chi connectivity index (χ4v) is 1.64. The van der Waals surface area contributed by atoms with Crippen molar-refractivity contribution >= 4 is 5.91 Å². The third-order valence-corrected chi connectivity index (χ3v) is 2.92. The minimum absolute atomic E-state index is 0.00822. The minimum atomic E-state index is -0.331. The Morgan fingerprint density at radius 2 is 2.32 bits per heavy atom. The zero-order chi connectivity index (χ0) is 14.1. The second-order valence-electron chi connectivity index (χ2n) is 4.43. The van der Waals surface area contributed by atoms with Crippen LogP contribution in [0.1, 0.15) is 31.7 Å². The average Bonchev–Trinajstić information content (AvgIpc) is 2.45. The van der Waals surface area contributed by atoms with Gasteiger partial charge in [-0.25, -0.2) is 0 Å². The summed E-state index contributed by atoms with van der Waals surface area (Å²) in [5.74, 6) is 0.690.